The number of aliphatic hydroxyl groups excluding tert-OH is 1. The van der Waals surface area contributed by atoms with Crippen LogP contribution < -0.4 is 24.0 Å². The Labute approximate surface area is 226 Å². The number of carbonyl (C=O) groups excluding carboxylic acids is 2. The summed E-state index contributed by atoms with van der Waals surface area (Å²) in [4.78, 5) is 30.5. The van der Waals surface area contributed by atoms with E-state index in [4.69, 9.17) is 14.2 Å². The fourth-order valence-corrected chi connectivity index (χ4v) is 4.93. The van der Waals surface area contributed by atoms with Gasteiger partial charge in [-0.05, 0) is 61.9 Å². The lowest BCUT2D eigenvalue weighted by molar-refractivity contribution is -0.132. The number of anilines is 2. The maximum absolute atomic E-state index is 13.6. The molecular weight excluding hydrogens is 500 g/mol. The second-order valence-corrected chi connectivity index (χ2v) is 9.21. The predicted molar refractivity (Wildman–Crippen MR) is 147 cm³/mol. The van der Waals surface area contributed by atoms with Crippen molar-refractivity contribution >= 4 is 28.8 Å². The molecule has 0 bridgehead atoms. The van der Waals surface area contributed by atoms with Crippen LogP contribution in [0.2, 0.25) is 0 Å². The number of Topliss-reactive ketones (excluding diaryl/α,β-unsaturated/α-hetero) is 1. The number of rotatable bonds is 7. The zero-order chi connectivity index (χ0) is 27.7. The molecule has 202 valence electrons. The molecule has 3 aromatic carbocycles. The number of amides is 1. The Morgan fingerprint density at radius 3 is 2.59 bits per heavy atom. The minimum absolute atomic E-state index is 0.0747. The number of fused-ring (bicyclic) bond motifs is 1. The van der Waals surface area contributed by atoms with Crippen molar-refractivity contribution in [2.75, 3.05) is 43.2 Å². The molecule has 0 saturated carbocycles. The molecule has 0 spiro atoms. The largest absolute Gasteiger partial charge is 0.507 e. The van der Waals surface area contributed by atoms with E-state index in [0.717, 1.165) is 5.69 Å². The molecule has 1 fully saturated rings. The van der Waals surface area contributed by atoms with Crippen molar-refractivity contribution in [3.05, 3.63) is 77.4 Å². The van der Waals surface area contributed by atoms with Crippen LogP contribution in [0, 0.1) is 0 Å². The summed E-state index contributed by atoms with van der Waals surface area (Å²) in [7, 11) is 1.92. The van der Waals surface area contributed by atoms with Gasteiger partial charge in [-0.3, -0.25) is 14.5 Å². The van der Waals surface area contributed by atoms with Crippen LogP contribution in [0.4, 0.5) is 11.4 Å². The van der Waals surface area contributed by atoms with E-state index in [1.165, 1.54) is 11.0 Å². The van der Waals surface area contributed by atoms with Gasteiger partial charge in [0.2, 0.25) is 0 Å². The number of phenols is 1. The highest BCUT2D eigenvalue weighted by atomic mass is 16.5. The zero-order valence-electron chi connectivity index (χ0n) is 22.0. The smallest absolute Gasteiger partial charge is 0.300 e. The Hall–Kier alpha value is -4.66. The van der Waals surface area contributed by atoms with Gasteiger partial charge in [-0.25, -0.2) is 0 Å². The summed E-state index contributed by atoms with van der Waals surface area (Å²) in [6.07, 6.45) is 0. The molecule has 1 unspecified atom stereocenters. The summed E-state index contributed by atoms with van der Waals surface area (Å²) in [6, 6.07) is 15.7. The summed E-state index contributed by atoms with van der Waals surface area (Å²) >= 11 is 0. The van der Waals surface area contributed by atoms with Crippen molar-refractivity contribution < 1.29 is 34.0 Å². The second kappa shape index (κ2) is 10.6. The molecule has 1 saturated heterocycles. The van der Waals surface area contributed by atoms with E-state index in [0.29, 0.717) is 54.7 Å². The lowest BCUT2D eigenvalue weighted by Crippen LogP contribution is -2.29. The van der Waals surface area contributed by atoms with Crippen molar-refractivity contribution in [1.29, 1.82) is 0 Å². The summed E-state index contributed by atoms with van der Waals surface area (Å²) in [5, 5.41) is 21.9. The van der Waals surface area contributed by atoms with E-state index in [-0.39, 0.29) is 22.8 Å². The van der Waals surface area contributed by atoms with Gasteiger partial charge >= 0.3 is 0 Å². The molecule has 1 amide bonds. The van der Waals surface area contributed by atoms with Gasteiger partial charge in [0, 0.05) is 24.4 Å². The normalized spacial score (nSPS) is 18.1. The molecule has 0 radical (unpaired) electrons. The van der Waals surface area contributed by atoms with Crippen molar-refractivity contribution in [2.24, 2.45) is 0 Å². The minimum Gasteiger partial charge on any atom is -0.507 e. The van der Waals surface area contributed by atoms with Gasteiger partial charge in [0.05, 0.1) is 37.1 Å². The summed E-state index contributed by atoms with van der Waals surface area (Å²) in [5.41, 5.74) is 1.98. The van der Waals surface area contributed by atoms with Gasteiger partial charge in [-0.1, -0.05) is 12.1 Å². The van der Waals surface area contributed by atoms with Gasteiger partial charge in [0.25, 0.3) is 11.7 Å². The first kappa shape index (κ1) is 26.0. The van der Waals surface area contributed by atoms with Crippen molar-refractivity contribution in [1.82, 2.24) is 0 Å². The van der Waals surface area contributed by atoms with Crippen molar-refractivity contribution in [3.8, 4) is 23.0 Å². The van der Waals surface area contributed by atoms with Crippen molar-refractivity contribution in [2.45, 2.75) is 19.9 Å². The fourth-order valence-electron chi connectivity index (χ4n) is 4.93. The van der Waals surface area contributed by atoms with Gasteiger partial charge in [0.15, 0.2) is 11.5 Å². The van der Waals surface area contributed by atoms with E-state index in [1.54, 1.807) is 61.5 Å². The number of hydrogen-bond donors (Lipinski definition) is 2. The first-order valence-corrected chi connectivity index (χ1v) is 12.8. The molecule has 39 heavy (non-hydrogen) atoms. The van der Waals surface area contributed by atoms with Gasteiger partial charge in [-0.15, -0.1) is 0 Å². The molecule has 9 heteroatoms. The number of benzene rings is 3. The van der Waals surface area contributed by atoms with Crippen LogP contribution in [-0.4, -0.2) is 55.3 Å². The van der Waals surface area contributed by atoms with Gasteiger partial charge < -0.3 is 29.3 Å². The number of ether oxygens (including phenoxy) is 3. The average Bonchev–Trinajstić information content (AvgIpc) is 3.20. The number of phenolic OH excluding ortho intramolecular Hbond substituents is 1. The molecule has 2 N–H and O–H groups in total. The number of nitrogens with zero attached hydrogens (tertiary/aromatic N) is 2. The van der Waals surface area contributed by atoms with E-state index in [9.17, 15) is 19.8 Å². The first-order chi connectivity index (χ1) is 18.8. The van der Waals surface area contributed by atoms with E-state index < -0.39 is 17.7 Å². The van der Waals surface area contributed by atoms with E-state index >= 15 is 0 Å². The van der Waals surface area contributed by atoms with Crippen LogP contribution in [0.1, 0.15) is 31.0 Å². The molecular formula is C30H30N2O7. The van der Waals surface area contributed by atoms with Crippen molar-refractivity contribution in [3.63, 3.8) is 0 Å². The SMILES string of the molecule is CCOc1cccc(N2C(=O)C(=O)/C(=C(/O)c3ccc4c(c3)N(C)CCO4)C2c2ccc(O)c(OCC)c2)c1. The summed E-state index contributed by atoms with van der Waals surface area (Å²) in [6.45, 7) is 5.59. The Morgan fingerprint density at radius 2 is 1.82 bits per heavy atom. The Balaban J connectivity index is 1.70. The lowest BCUT2D eigenvalue weighted by Gasteiger charge is -2.28. The molecule has 0 aliphatic carbocycles. The molecule has 2 aliphatic rings. The Bertz CT molecular complexity index is 1470. The summed E-state index contributed by atoms with van der Waals surface area (Å²) < 4.78 is 16.9. The Kier molecular flexibility index (Phi) is 7.06. The minimum atomic E-state index is -0.994. The number of aliphatic hydroxyl groups is 1. The molecule has 1 atom stereocenters. The molecule has 2 aliphatic heterocycles. The highest BCUT2D eigenvalue weighted by Gasteiger charge is 2.47. The highest BCUT2D eigenvalue weighted by Crippen LogP contribution is 2.45. The summed E-state index contributed by atoms with van der Waals surface area (Å²) in [5.74, 6) is -0.592. The number of aromatic hydroxyl groups is 1. The number of hydrogen-bond acceptors (Lipinski definition) is 8. The third kappa shape index (κ3) is 4.71. The van der Waals surface area contributed by atoms with Crippen LogP contribution in [-0.2, 0) is 9.59 Å². The van der Waals surface area contributed by atoms with Crippen LogP contribution in [0.3, 0.4) is 0 Å². The topological polar surface area (TPSA) is 109 Å². The van der Waals surface area contributed by atoms with Crippen LogP contribution >= 0.6 is 0 Å². The lowest BCUT2D eigenvalue weighted by atomic mass is 9.94. The maximum atomic E-state index is 13.6. The zero-order valence-corrected chi connectivity index (χ0v) is 22.0. The van der Waals surface area contributed by atoms with Crippen LogP contribution in [0.15, 0.2) is 66.2 Å². The average molecular weight is 531 g/mol. The molecule has 2 heterocycles. The monoisotopic (exact) mass is 530 g/mol. The van der Waals surface area contributed by atoms with Crippen LogP contribution in [0.25, 0.3) is 5.76 Å². The Morgan fingerprint density at radius 1 is 1.03 bits per heavy atom. The fraction of sp³-hybridized carbons (Fsp3) is 0.267. The maximum Gasteiger partial charge on any atom is 0.300 e. The first-order valence-electron chi connectivity index (χ1n) is 12.8. The number of likely N-dealkylation sites (N-methyl/N-ethyl adjacent to an activating group) is 1. The molecule has 5 rings (SSSR count). The van der Waals surface area contributed by atoms with E-state index in [1.807, 2.05) is 18.9 Å². The highest BCUT2D eigenvalue weighted by molar-refractivity contribution is 6.51. The third-order valence-corrected chi connectivity index (χ3v) is 6.78. The standard InChI is InChI=1S/C30H30N2O7/c1-4-37-21-8-6-7-20(17-21)32-27(18-9-11-23(33)25(16-18)38-5-2)26(29(35)30(32)36)28(34)19-10-12-24-22(15-19)31(3)13-14-39-24/h6-12,15-17,27,33-34H,4-5,13-14H2,1-3H3/b28-26+. The molecule has 0 aromatic heterocycles. The predicted octanol–water partition coefficient (Wildman–Crippen LogP) is 4.64. The quantitative estimate of drug-likeness (QED) is 0.258. The molecule has 9 nitrogen and oxygen atoms in total. The number of ketones is 1. The number of carbonyl (C=O) groups is 2. The molecule has 3 aromatic rings. The second-order valence-electron chi connectivity index (χ2n) is 9.21. The third-order valence-electron chi connectivity index (χ3n) is 6.78. The van der Waals surface area contributed by atoms with Gasteiger partial charge in [0.1, 0.15) is 23.9 Å². The van der Waals surface area contributed by atoms with E-state index in [2.05, 4.69) is 0 Å². The van der Waals surface area contributed by atoms with Gasteiger partial charge in [-0.2, -0.15) is 0 Å². The van der Waals surface area contributed by atoms with Crippen LogP contribution in [0.5, 0.6) is 23.0 Å².